The predicted molar refractivity (Wildman–Crippen MR) is 102 cm³/mol. The van der Waals surface area contributed by atoms with Gasteiger partial charge in [-0.05, 0) is 48.9 Å². The number of methoxy groups -OCH3 is 1. The molecule has 0 unspecified atom stereocenters. The van der Waals surface area contributed by atoms with Gasteiger partial charge in [0.1, 0.15) is 11.5 Å². The van der Waals surface area contributed by atoms with Crippen molar-refractivity contribution >= 4 is 20.7 Å². The highest BCUT2D eigenvalue weighted by atomic mass is 32.2. The van der Waals surface area contributed by atoms with E-state index in [4.69, 9.17) is 9.47 Å². The van der Waals surface area contributed by atoms with Gasteiger partial charge in [0.05, 0.1) is 19.2 Å². The van der Waals surface area contributed by atoms with Gasteiger partial charge in [0, 0.05) is 23.6 Å². The van der Waals surface area contributed by atoms with E-state index in [9.17, 15) is 8.42 Å². The summed E-state index contributed by atoms with van der Waals surface area (Å²) < 4.78 is 34.5. The zero-order valence-corrected chi connectivity index (χ0v) is 15.8. The second kappa shape index (κ2) is 7.33. The molecule has 0 N–H and O–H groups in total. The molecule has 0 saturated carbocycles. The zero-order valence-electron chi connectivity index (χ0n) is 15.0. The summed E-state index contributed by atoms with van der Waals surface area (Å²) in [6.45, 7) is 2.58. The summed E-state index contributed by atoms with van der Waals surface area (Å²) in [5, 5.41) is 0.952. The lowest BCUT2D eigenvalue weighted by Crippen LogP contribution is -2.02. The van der Waals surface area contributed by atoms with Crippen LogP contribution < -0.4 is 9.47 Å². The largest absolute Gasteiger partial charge is 0.496 e. The summed E-state index contributed by atoms with van der Waals surface area (Å²) >= 11 is 0. The van der Waals surface area contributed by atoms with Gasteiger partial charge < -0.3 is 9.47 Å². The Bertz CT molecular complexity index is 1030. The van der Waals surface area contributed by atoms with Crippen LogP contribution in [0.1, 0.15) is 18.1 Å². The smallest absolute Gasteiger partial charge is 0.192 e. The fourth-order valence-electron chi connectivity index (χ4n) is 2.88. The first-order valence-corrected chi connectivity index (χ1v) is 10.2. The van der Waals surface area contributed by atoms with Crippen LogP contribution in [0.4, 0.5) is 0 Å². The maximum Gasteiger partial charge on any atom is 0.192 e. The lowest BCUT2D eigenvalue weighted by Gasteiger charge is -2.13. The van der Waals surface area contributed by atoms with E-state index >= 15 is 0 Å². The number of aromatic nitrogens is 1. The van der Waals surface area contributed by atoms with Crippen molar-refractivity contribution in [3.8, 4) is 11.5 Å². The SMILES string of the molecule is CCOc1ccc(Cc2c(OC)ccc3nc(S(C)(=O)=O)ccc23)cc1. The summed E-state index contributed by atoms with van der Waals surface area (Å²) in [6, 6.07) is 14.9. The first kappa shape index (κ1) is 18.2. The number of nitrogens with zero attached hydrogens (tertiary/aromatic N) is 1. The Hall–Kier alpha value is -2.60. The van der Waals surface area contributed by atoms with Gasteiger partial charge in [-0.15, -0.1) is 0 Å². The van der Waals surface area contributed by atoms with Crippen LogP contribution in [0.15, 0.2) is 53.6 Å². The summed E-state index contributed by atoms with van der Waals surface area (Å²) in [4.78, 5) is 4.30. The van der Waals surface area contributed by atoms with Crippen molar-refractivity contribution in [3.63, 3.8) is 0 Å². The number of hydrogen-bond donors (Lipinski definition) is 0. The van der Waals surface area contributed by atoms with Crippen LogP contribution in [0.3, 0.4) is 0 Å². The highest BCUT2D eigenvalue weighted by Crippen LogP contribution is 2.30. The zero-order chi connectivity index (χ0) is 18.7. The molecular formula is C20H21NO4S. The summed E-state index contributed by atoms with van der Waals surface area (Å²) in [6.07, 6.45) is 1.80. The Kier molecular flexibility index (Phi) is 5.13. The van der Waals surface area contributed by atoms with E-state index in [1.807, 2.05) is 37.3 Å². The van der Waals surface area contributed by atoms with E-state index < -0.39 is 9.84 Å². The molecule has 1 aromatic heterocycles. The standard InChI is InChI=1S/C20H21NO4S/c1-4-25-15-7-5-14(6-8-15)13-17-16-9-12-20(26(3,22)23)21-18(16)10-11-19(17)24-2/h5-12H,4,13H2,1-3H3. The highest BCUT2D eigenvalue weighted by Gasteiger charge is 2.14. The Labute approximate surface area is 153 Å². The molecule has 0 aliphatic carbocycles. The maximum atomic E-state index is 11.8. The fourth-order valence-corrected chi connectivity index (χ4v) is 3.46. The van der Waals surface area contributed by atoms with Gasteiger partial charge in [0.25, 0.3) is 0 Å². The van der Waals surface area contributed by atoms with Gasteiger partial charge in [-0.25, -0.2) is 13.4 Å². The molecule has 0 amide bonds. The Morgan fingerprint density at radius 1 is 1.00 bits per heavy atom. The third-order valence-corrected chi connectivity index (χ3v) is 5.12. The number of benzene rings is 2. The molecule has 0 spiro atoms. The van der Waals surface area contributed by atoms with Gasteiger partial charge in [-0.1, -0.05) is 12.1 Å². The lowest BCUT2D eigenvalue weighted by atomic mass is 9.99. The molecule has 3 aromatic rings. The molecular weight excluding hydrogens is 350 g/mol. The van der Waals surface area contributed by atoms with Crippen LogP contribution in [-0.4, -0.2) is 33.4 Å². The summed E-state index contributed by atoms with van der Waals surface area (Å²) in [5.41, 5.74) is 2.71. The number of fused-ring (bicyclic) bond motifs is 1. The quantitative estimate of drug-likeness (QED) is 0.662. The van der Waals surface area contributed by atoms with Crippen LogP contribution in [-0.2, 0) is 16.3 Å². The monoisotopic (exact) mass is 371 g/mol. The van der Waals surface area contributed by atoms with E-state index in [2.05, 4.69) is 4.98 Å². The number of sulfone groups is 1. The normalized spacial score (nSPS) is 11.5. The van der Waals surface area contributed by atoms with Gasteiger partial charge in [0.2, 0.25) is 0 Å². The topological polar surface area (TPSA) is 65.5 Å². The van der Waals surface area contributed by atoms with Crippen LogP contribution in [0, 0.1) is 0 Å². The van der Waals surface area contributed by atoms with Crippen molar-refractivity contribution in [2.24, 2.45) is 0 Å². The van der Waals surface area contributed by atoms with E-state index in [1.54, 1.807) is 25.3 Å². The molecule has 5 nitrogen and oxygen atoms in total. The van der Waals surface area contributed by atoms with Crippen molar-refractivity contribution in [1.82, 2.24) is 4.98 Å². The van der Waals surface area contributed by atoms with Crippen molar-refractivity contribution in [2.45, 2.75) is 18.4 Å². The molecule has 0 aliphatic heterocycles. The van der Waals surface area contributed by atoms with Crippen LogP contribution >= 0.6 is 0 Å². The molecule has 0 aliphatic rings. The molecule has 0 bridgehead atoms. The summed E-state index contributed by atoms with van der Waals surface area (Å²) in [7, 11) is -1.72. The maximum absolute atomic E-state index is 11.8. The lowest BCUT2D eigenvalue weighted by molar-refractivity contribution is 0.340. The number of hydrogen-bond acceptors (Lipinski definition) is 5. The van der Waals surface area contributed by atoms with Gasteiger partial charge in [-0.3, -0.25) is 0 Å². The van der Waals surface area contributed by atoms with Crippen LogP contribution in [0.25, 0.3) is 10.9 Å². The molecule has 6 heteroatoms. The van der Waals surface area contributed by atoms with Crippen molar-refractivity contribution in [2.75, 3.05) is 20.0 Å². The molecule has 3 rings (SSSR count). The van der Waals surface area contributed by atoms with E-state index in [1.165, 1.54) is 0 Å². The molecule has 0 saturated heterocycles. The van der Waals surface area contributed by atoms with Crippen LogP contribution in [0.2, 0.25) is 0 Å². The van der Waals surface area contributed by atoms with Crippen molar-refractivity contribution in [3.05, 3.63) is 59.7 Å². The second-order valence-electron chi connectivity index (χ2n) is 5.99. The van der Waals surface area contributed by atoms with Crippen molar-refractivity contribution < 1.29 is 17.9 Å². The molecule has 0 fully saturated rings. The molecule has 0 atom stereocenters. The first-order valence-electron chi connectivity index (χ1n) is 8.31. The Balaban J connectivity index is 2.05. The number of pyridine rings is 1. The van der Waals surface area contributed by atoms with Gasteiger partial charge >= 0.3 is 0 Å². The molecule has 1 heterocycles. The van der Waals surface area contributed by atoms with E-state index in [0.29, 0.717) is 18.5 Å². The molecule has 136 valence electrons. The minimum atomic E-state index is -3.35. The predicted octanol–water partition coefficient (Wildman–Crippen LogP) is 3.64. The molecule has 26 heavy (non-hydrogen) atoms. The third kappa shape index (κ3) is 3.80. The minimum Gasteiger partial charge on any atom is -0.496 e. The Morgan fingerprint density at radius 3 is 2.35 bits per heavy atom. The van der Waals surface area contributed by atoms with Crippen LogP contribution in [0.5, 0.6) is 11.5 Å². The third-order valence-electron chi connectivity index (χ3n) is 4.13. The van der Waals surface area contributed by atoms with E-state index in [0.717, 1.165) is 34.3 Å². The minimum absolute atomic E-state index is 0.0715. The van der Waals surface area contributed by atoms with Gasteiger partial charge in [-0.2, -0.15) is 0 Å². The number of ether oxygens (including phenoxy) is 2. The van der Waals surface area contributed by atoms with Crippen molar-refractivity contribution in [1.29, 1.82) is 0 Å². The average Bonchev–Trinajstić information content (AvgIpc) is 2.62. The fraction of sp³-hybridized carbons (Fsp3) is 0.250. The molecule has 2 aromatic carbocycles. The first-order chi connectivity index (χ1) is 12.4. The van der Waals surface area contributed by atoms with E-state index in [-0.39, 0.29) is 5.03 Å². The highest BCUT2D eigenvalue weighted by molar-refractivity contribution is 7.90. The number of rotatable bonds is 6. The average molecular weight is 371 g/mol. The second-order valence-corrected chi connectivity index (χ2v) is 7.95. The molecule has 0 radical (unpaired) electrons. The Morgan fingerprint density at radius 2 is 1.73 bits per heavy atom. The van der Waals surface area contributed by atoms with Gasteiger partial charge in [0.15, 0.2) is 14.9 Å². The summed E-state index contributed by atoms with van der Waals surface area (Å²) in [5.74, 6) is 1.58.